The zero-order chi connectivity index (χ0) is 14.0. The number of benzene rings is 1. The summed E-state index contributed by atoms with van der Waals surface area (Å²) in [5, 5.41) is 2.56. The zero-order valence-corrected chi connectivity index (χ0v) is 12.8. The van der Waals surface area contributed by atoms with E-state index in [0.29, 0.717) is 9.13 Å². The van der Waals surface area contributed by atoms with E-state index < -0.39 is 11.7 Å². The lowest BCUT2D eigenvalue weighted by atomic mass is 10.2. The van der Waals surface area contributed by atoms with Crippen LogP contribution in [0.25, 0.3) is 0 Å². The Balaban J connectivity index is 2.25. The largest absolute Gasteiger partial charge is 0.306 e. The third kappa shape index (κ3) is 3.74. The van der Waals surface area contributed by atoms with Crippen LogP contribution in [0.2, 0.25) is 10.4 Å². The lowest BCUT2D eigenvalue weighted by Gasteiger charge is -2.06. The molecule has 0 aliphatic rings. The van der Waals surface area contributed by atoms with Gasteiger partial charge in [-0.05, 0) is 52.4 Å². The first kappa shape index (κ1) is 14.4. The van der Waals surface area contributed by atoms with Gasteiger partial charge in [0, 0.05) is 9.64 Å². The van der Waals surface area contributed by atoms with Gasteiger partial charge >= 0.3 is 0 Å². The van der Waals surface area contributed by atoms with E-state index >= 15 is 0 Å². The Labute approximate surface area is 131 Å². The molecule has 0 radical (unpaired) electrons. The fourth-order valence-corrected chi connectivity index (χ4v) is 2.44. The number of anilines is 1. The molecular weight excluding hydrogens is 407 g/mol. The molecule has 98 valence electrons. The summed E-state index contributed by atoms with van der Waals surface area (Å²) in [7, 11) is 0. The van der Waals surface area contributed by atoms with Crippen LogP contribution in [0.1, 0.15) is 10.4 Å². The number of carbonyl (C=O) groups excluding carboxylic acids is 1. The van der Waals surface area contributed by atoms with Crippen molar-refractivity contribution in [1.29, 1.82) is 0 Å². The van der Waals surface area contributed by atoms with Crippen molar-refractivity contribution < 1.29 is 9.18 Å². The van der Waals surface area contributed by atoms with Crippen molar-refractivity contribution in [3.8, 4) is 0 Å². The van der Waals surface area contributed by atoms with Gasteiger partial charge in [0.1, 0.15) is 16.8 Å². The summed E-state index contributed by atoms with van der Waals surface area (Å²) in [6.45, 7) is 0. The van der Waals surface area contributed by atoms with E-state index in [0.717, 1.165) is 0 Å². The van der Waals surface area contributed by atoms with Crippen molar-refractivity contribution in [2.75, 3.05) is 5.32 Å². The van der Waals surface area contributed by atoms with Gasteiger partial charge in [0.25, 0.3) is 5.91 Å². The minimum absolute atomic E-state index is 0.0726. The van der Waals surface area contributed by atoms with Gasteiger partial charge in [0.05, 0.1) is 5.56 Å². The Bertz CT molecular complexity index is 634. The van der Waals surface area contributed by atoms with E-state index in [1.165, 1.54) is 24.3 Å². The Hall–Kier alpha value is -0.990. The van der Waals surface area contributed by atoms with Crippen LogP contribution < -0.4 is 5.32 Å². The number of hydrogen-bond acceptors (Lipinski definition) is 3. The standard InChI is InChI=1S/C11H5Cl2FIN3O/c12-8-4-9(18-11(13)16-8)17-10(19)6-2-1-5(14)3-7(6)15/h1-4H,(H,16,17,18,19). The highest BCUT2D eigenvalue weighted by Crippen LogP contribution is 2.18. The maximum absolute atomic E-state index is 13.0. The SMILES string of the molecule is O=C(Nc1cc(Cl)nc(Cl)n1)c1ccc(F)cc1I. The summed E-state index contributed by atoms with van der Waals surface area (Å²) in [6.07, 6.45) is 0. The molecule has 2 rings (SSSR count). The van der Waals surface area contributed by atoms with Crippen molar-refractivity contribution in [2.24, 2.45) is 0 Å². The van der Waals surface area contributed by atoms with E-state index in [1.807, 2.05) is 22.6 Å². The molecule has 1 heterocycles. The molecule has 1 amide bonds. The second kappa shape index (κ2) is 5.98. The van der Waals surface area contributed by atoms with Crippen molar-refractivity contribution >= 4 is 57.5 Å². The highest BCUT2D eigenvalue weighted by Gasteiger charge is 2.12. The van der Waals surface area contributed by atoms with Crippen molar-refractivity contribution in [1.82, 2.24) is 9.97 Å². The smallest absolute Gasteiger partial charge is 0.257 e. The number of nitrogens with one attached hydrogen (secondary N) is 1. The minimum atomic E-state index is -0.435. The van der Waals surface area contributed by atoms with Crippen molar-refractivity contribution in [2.45, 2.75) is 0 Å². The van der Waals surface area contributed by atoms with Crippen molar-refractivity contribution in [3.63, 3.8) is 0 Å². The summed E-state index contributed by atoms with van der Waals surface area (Å²) in [6, 6.07) is 5.21. The van der Waals surface area contributed by atoms with Crippen LogP contribution in [0.5, 0.6) is 0 Å². The molecule has 0 saturated carbocycles. The number of nitrogens with zero attached hydrogens (tertiary/aromatic N) is 2. The van der Waals surface area contributed by atoms with Crippen LogP contribution in [0.15, 0.2) is 24.3 Å². The summed E-state index contributed by atoms with van der Waals surface area (Å²) in [4.78, 5) is 19.5. The molecule has 0 aliphatic heterocycles. The molecule has 0 aliphatic carbocycles. The molecule has 1 aromatic heterocycles. The van der Waals surface area contributed by atoms with Crippen LogP contribution >= 0.6 is 45.8 Å². The Kier molecular flexibility index (Phi) is 4.54. The number of hydrogen-bond donors (Lipinski definition) is 1. The number of aromatic nitrogens is 2. The van der Waals surface area contributed by atoms with Crippen LogP contribution in [0, 0.1) is 9.39 Å². The highest BCUT2D eigenvalue weighted by atomic mass is 127. The number of halogens is 4. The topological polar surface area (TPSA) is 54.9 Å². The summed E-state index contributed by atoms with van der Waals surface area (Å²) < 4.78 is 13.4. The lowest BCUT2D eigenvalue weighted by molar-refractivity contribution is 0.102. The average Bonchev–Trinajstić information content (AvgIpc) is 2.26. The van der Waals surface area contributed by atoms with Gasteiger partial charge in [-0.15, -0.1) is 0 Å². The molecule has 0 spiro atoms. The Morgan fingerprint density at radius 1 is 1.26 bits per heavy atom. The van der Waals surface area contributed by atoms with Gasteiger partial charge in [0.15, 0.2) is 0 Å². The minimum Gasteiger partial charge on any atom is -0.306 e. The van der Waals surface area contributed by atoms with Crippen molar-refractivity contribution in [3.05, 3.63) is 49.7 Å². The third-order valence-corrected chi connectivity index (χ3v) is 3.34. The van der Waals surface area contributed by atoms with Crippen LogP contribution in [-0.4, -0.2) is 15.9 Å². The molecule has 19 heavy (non-hydrogen) atoms. The highest BCUT2D eigenvalue weighted by molar-refractivity contribution is 14.1. The molecular formula is C11H5Cl2FIN3O. The third-order valence-electron chi connectivity index (χ3n) is 2.08. The van der Waals surface area contributed by atoms with Gasteiger partial charge in [-0.1, -0.05) is 11.6 Å². The first-order chi connectivity index (χ1) is 8.95. The fraction of sp³-hybridized carbons (Fsp3) is 0. The monoisotopic (exact) mass is 411 g/mol. The number of amides is 1. The number of rotatable bonds is 2. The van der Waals surface area contributed by atoms with Gasteiger partial charge in [-0.25, -0.2) is 14.4 Å². The summed E-state index contributed by atoms with van der Waals surface area (Å²) in [5.74, 6) is -0.667. The second-order valence-corrected chi connectivity index (χ2v) is 5.31. The zero-order valence-electron chi connectivity index (χ0n) is 9.12. The maximum atomic E-state index is 13.0. The number of carbonyl (C=O) groups is 1. The molecule has 0 saturated heterocycles. The first-order valence-corrected chi connectivity index (χ1v) is 6.75. The summed E-state index contributed by atoms with van der Waals surface area (Å²) in [5.41, 5.74) is 0.327. The maximum Gasteiger partial charge on any atom is 0.257 e. The van der Waals surface area contributed by atoms with Gasteiger partial charge < -0.3 is 5.32 Å². The fourth-order valence-electron chi connectivity index (χ4n) is 1.31. The Morgan fingerprint density at radius 3 is 2.63 bits per heavy atom. The molecule has 0 unspecified atom stereocenters. The summed E-state index contributed by atoms with van der Waals surface area (Å²) >= 11 is 13.2. The van der Waals surface area contributed by atoms with Gasteiger partial charge in [-0.3, -0.25) is 4.79 Å². The van der Waals surface area contributed by atoms with Gasteiger partial charge in [-0.2, -0.15) is 0 Å². The molecule has 2 aromatic rings. The molecule has 0 fully saturated rings. The first-order valence-electron chi connectivity index (χ1n) is 4.92. The predicted molar refractivity (Wildman–Crippen MR) is 79.1 cm³/mol. The quantitative estimate of drug-likeness (QED) is 0.464. The molecule has 0 bridgehead atoms. The van der Waals surface area contributed by atoms with E-state index in [-0.39, 0.29) is 16.3 Å². The molecule has 1 N–H and O–H groups in total. The predicted octanol–water partition coefficient (Wildman–Crippen LogP) is 3.78. The normalized spacial score (nSPS) is 10.3. The van der Waals surface area contributed by atoms with E-state index in [1.54, 1.807) is 0 Å². The van der Waals surface area contributed by atoms with Crippen LogP contribution in [0.3, 0.4) is 0 Å². The Morgan fingerprint density at radius 2 is 2.00 bits per heavy atom. The van der Waals surface area contributed by atoms with E-state index in [9.17, 15) is 9.18 Å². The van der Waals surface area contributed by atoms with Gasteiger partial charge in [0.2, 0.25) is 5.28 Å². The molecule has 4 nitrogen and oxygen atoms in total. The van der Waals surface area contributed by atoms with Crippen LogP contribution in [0.4, 0.5) is 10.2 Å². The van der Waals surface area contributed by atoms with Crippen LogP contribution in [-0.2, 0) is 0 Å². The average molecular weight is 412 g/mol. The molecule has 1 aromatic carbocycles. The van der Waals surface area contributed by atoms with E-state index in [2.05, 4.69) is 15.3 Å². The molecule has 0 atom stereocenters. The lowest BCUT2D eigenvalue weighted by Crippen LogP contribution is -2.14. The molecule has 8 heteroatoms. The second-order valence-electron chi connectivity index (χ2n) is 3.42. The van der Waals surface area contributed by atoms with E-state index in [4.69, 9.17) is 23.2 Å².